The van der Waals surface area contributed by atoms with Gasteiger partial charge in [0.15, 0.2) is 11.5 Å². The maximum atomic E-state index is 13.3. The summed E-state index contributed by atoms with van der Waals surface area (Å²) < 4.78 is 20.2. The second kappa shape index (κ2) is 8.87. The van der Waals surface area contributed by atoms with Gasteiger partial charge in [0.05, 0.1) is 12.8 Å². The van der Waals surface area contributed by atoms with Crippen LogP contribution >= 0.6 is 0 Å². The van der Waals surface area contributed by atoms with Gasteiger partial charge in [0.2, 0.25) is 5.76 Å². The Morgan fingerprint density at radius 3 is 2.82 bits per heavy atom. The number of ether oxygens (including phenoxy) is 1. The zero-order chi connectivity index (χ0) is 23.7. The summed E-state index contributed by atoms with van der Waals surface area (Å²) in [6.07, 6.45) is 7.90. The second-order valence-corrected chi connectivity index (χ2v) is 7.51. The van der Waals surface area contributed by atoms with E-state index < -0.39 is 28.7 Å². The minimum absolute atomic E-state index is 0.0696. The van der Waals surface area contributed by atoms with E-state index in [1.165, 1.54) is 25.4 Å². The van der Waals surface area contributed by atoms with Crippen molar-refractivity contribution >= 4 is 29.0 Å². The number of hydrogen-bond acceptors (Lipinski definition) is 7. The SMILES string of the molecule is CNC(=O)C1=Cn2c(=O)c(C(=O)NCCO)c(O)c3ncc(CC4C=CC(F)=CC4)c(c32)O1. The molecule has 2 aromatic heterocycles. The molecule has 2 amide bonds. The van der Waals surface area contributed by atoms with E-state index in [2.05, 4.69) is 15.6 Å². The van der Waals surface area contributed by atoms with E-state index in [9.17, 15) is 23.9 Å². The van der Waals surface area contributed by atoms with E-state index in [4.69, 9.17) is 9.84 Å². The number of allylic oxidation sites excluding steroid dienone is 4. The van der Waals surface area contributed by atoms with Gasteiger partial charge >= 0.3 is 0 Å². The predicted octanol–water partition coefficient (Wildman–Crippen LogP) is 0.733. The number of aliphatic hydroxyl groups excluding tert-OH is 1. The first-order valence-corrected chi connectivity index (χ1v) is 10.2. The Morgan fingerprint density at radius 1 is 1.36 bits per heavy atom. The van der Waals surface area contributed by atoms with Gasteiger partial charge < -0.3 is 25.6 Å². The minimum Gasteiger partial charge on any atom is -0.505 e. The number of halogens is 1. The van der Waals surface area contributed by atoms with Gasteiger partial charge in [-0.15, -0.1) is 0 Å². The predicted molar refractivity (Wildman–Crippen MR) is 116 cm³/mol. The molecule has 0 fully saturated rings. The number of aromatic nitrogens is 2. The standard InChI is InChI=1S/C22H21FN4O6/c1-24-20(30)14-10-27-17-16(18(29)15(22(27)32)21(31)25-6-7-28)26-9-12(19(17)33-14)8-11-2-4-13(23)5-3-11/h2,4-5,9-11,28-29H,3,6-8H2,1H3,(H,24,30)(H,25,31). The van der Waals surface area contributed by atoms with Gasteiger partial charge in [-0.25, -0.2) is 4.39 Å². The van der Waals surface area contributed by atoms with Crippen molar-refractivity contribution in [3.05, 3.63) is 57.5 Å². The number of amides is 2. The van der Waals surface area contributed by atoms with Gasteiger partial charge in [-0.05, 0) is 30.9 Å². The molecule has 11 heteroatoms. The third-order valence-electron chi connectivity index (χ3n) is 5.37. The molecule has 4 rings (SSSR count). The van der Waals surface area contributed by atoms with E-state index in [0.29, 0.717) is 18.4 Å². The molecule has 10 nitrogen and oxygen atoms in total. The van der Waals surface area contributed by atoms with Gasteiger partial charge in [0.1, 0.15) is 22.4 Å². The van der Waals surface area contributed by atoms with Crippen LogP contribution in [0, 0.1) is 5.92 Å². The molecule has 4 N–H and O–H groups in total. The smallest absolute Gasteiger partial charge is 0.288 e. The molecule has 33 heavy (non-hydrogen) atoms. The molecule has 0 spiro atoms. The number of aromatic hydroxyl groups is 1. The molecule has 2 aromatic rings. The molecule has 1 atom stereocenters. The summed E-state index contributed by atoms with van der Waals surface area (Å²) in [4.78, 5) is 42.2. The molecule has 172 valence electrons. The van der Waals surface area contributed by atoms with Crippen LogP contribution in [0.15, 0.2) is 40.8 Å². The zero-order valence-corrected chi connectivity index (χ0v) is 17.6. The van der Waals surface area contributed by atoms with Crippen molar-refractivity contribution in [2.24, 2.45) is 5.92 Å². The maximum Gasteiger partial charge on any atom is 0.288 e. The number of rotatable bonds is 6. The van der Waals surface area contributed by atoms with Crippen LogP contribution in [-0.4, -0.2) is 51.8 Å². The van der Waals surface area contributed by atoms with Crippen LogP contribution in [0.2, 0.25) is 0 Å². The minimum atomic E-state index is -0.896. The van der Waals surface area contributed by atoms with Crippen LogP contribution in [0.5, 0.6) is 11.5 Å². The van der Waals surface area contributed by atoms with Gasteiger partial charge in [-0.1, -0.05) is 6.08 Å². The van der Waals surface area contributed by atoms with Crippen LogP contribution in [-0.2, 0) is 11.2 Å². The molecule has 0 bridgehead atoms. The van der Waals surface area contributed by atoms with Crippen molar-refractivity contribution in [3.8, 4) is 11.5 Å². The van der Waals surface area contributed by atoms with E-state index in [1.807, 2.05) is 0 Å². The molecule has 1 unspecified atom stereocenters. The Hall–Kier alpha value is -3.99. The fourth-order valence-electron chi connectivity index (χ4n) is 3.76. The molecule has 0 aromatic carbocycles. The Bertz CT molecular complexity index is 1310. The first-order chi connectivity index (χ1) is 15.8. The van der Waals surface area contributed by atoms with Crippen LogP contribution in [0.1, 0.15) is 22.3 Å². The topological polar surface area (TPSA) is 143 Å². The van der Waals surface area contributed by atoms with Crippen molar-refractivity contribution in [2.45, 2.75) is 12.8 Å². The quantitative estimate of drug-likeness (QED) is 0.502. The molecular weight excluding hydrogens is 435 g/mol. The number of carbonyl (C=O) groups is 2. The number of nitrogens with one attached hydrogen (secondary N) is 2. The van der Waals surface area contributed by atoms with Crippen LogP contribution in [0.3, 0.4) is 0 Å². The van der Waals surface area contributed by atoms with Gasteiger partial charge in [0, 0.05) is 25.4 Å². The number of aliphatic hydroxyl groups is 1. The first kappa shape index (κ1) is 22.2. The number of hydrogen-bond donors (Lipinski definition) is 4. The van der Waals surface area contributed by atoms with E-state index in [1.54, 1.807) is 6.08 Å². The highest BCUT2D eigenvalue weighted by atomic mass is 19.1. The molecule has 3 heterocycles. The molecular formula is C22H21FN4O6. The normalized spacial score (nSPS) is 16.6. The Morgan fingerprint density at radius 2 is 2.15 bits per heavy atom. The van der Waals surface area contributed by atoms with Crippen molar-refractivity contribution in [2.75, 3.05) is 20.2 Å². The number of nitrogens with zero attached hydrogens (tertiary/aromatic N) is 2. The highest BCUT2D eigenvalue weighted by Gasteiger charge is 2.30. The fraction of sp³-hybridized carbons (Fsp3) is 0.273. The zero-order valence-electron chi connectivity index (χ0n) is 17.6. The summed E-state index contributed by atoms with van der Waals surface area (Å²) in [5.41, 5.74) is -0.898. The highest BCUT2D eigenvalue weighted by Crippen LogP contribution is 2.38. The lowest BCUT2D eigenvalue weighted by Gasteiger charge is -2.23. The Kier molecular flexibility index (Phi) is 5.97. The van der Waals surface area contributed by atoms with Crippen LogP contribution in [0.25, 0.3) is 17.2 Å². The van der Waals surface area contributed by atoms with Crippen molar-refractivity contribution < 1.29 is 28.9 Å². The average molecular weight is 456 g/mol. The first-order valence-electron chi connectivity index (χ1n) is 10.2. The average Bonchev–Trinajstić information content (AvgIpc) is 2.82. The number of pyridine rings is 2. The maximum absolute atomic E-state index is 13.3. The second-order valence-electron chi connectivity index (χ2n) is 7.51. The Balaban J connectivity index is 1.91. The van der Waals surface area contributed by atoms with Crippen LogP contribution < -0.4 is 20.9 Å². The summed E-state index contributed by atoms with van der Waals surface area (Å²) in [6, 6.07) is 0. The molecule has 1 aliphatic heterocycles. The fourth-order valence-corrected chi connectivity index (χ4v) is 3.76. The molecule has 0 saturated carbocycles. The third kappa shape index (κ3) is 3.98. The summed E-state index contributed by atoms with van der Waals surface area (Å²) in [6.45, 7) is -0.483. The summed E-state index contributed by atoms with van der Waals surface area (Å²) in [7, 11) is 1.40. The third-order valence-corrected chi connectivity index (χ3v) is 5.37. The van der Waals surface area contributed by atoms with Gasteiger partial charge in [-0.3, -0.25) is 23.9 Å². The lowest BCUT2D eigenvalue weighted by molar-refractivity contribution is -0.119. The summed E-state index contributed by atoms with van der Waals surface area (Å²) >= 11 is 0. The van der Waals surface area contributed by atoms with E-state index in [-0.39, 0.29) is 47.4 Å². The lowest BCUT2D eigenvalue weighted by atomic mass is 9.92. The lowest BCUT2D eigenvalue weighted by Crippen LogP contribution is -2.35. The monoisotopic (exact) mass is 456 g/mol. The van der Waals surface area contributed by atoms with Crippen molar-refractivity contribution in [1.29, 1.82) is 0 Å². The largest absolute Gasteiger partial charge is 0.505 e. The molecule has 0 saturated heterocycles. The molecule has 2 aliphatic rings. The molecule has 0 radical (unpaired) electrons. The Labute approximate surface area is 186 Å². The number of likely N-dealkylation sites (N-methyl/N-ethyl adjacent to an activating group) is 1. The van der Waals surface area contributed by atoms with Crippen molar-refractivity contribution in [1.82, 2.24) is 20.2 Å². The summed E-state index contributed by atoms with van der Waals surface area (Å²) in [5, 5.41) is 24.4. The van der Waals surface area contributed by atoms with Crippen molar-refractivity contribution in [3.63, 3.8) is 0 Å². The van der Waals surface area contributed by atoms with Gasteiger partial charge in [0.25, 0.3) is 17.4 Å². The van der Waals surface area contributed by atoms with E-state index in [0.717, 1.165) is 10.8 Å². The van der Waals surface area contributed by atoms with Crippen LogP contribution in [0.4, 0.5) is 4.39 Å². The molecule has 1 aliphatic carbocycles. The highest BCUT2D eigenvalue weighted by molar-refractivity contribution is 6.04. The number of carbonyl (C=O) groups excluding carboxylic acids is 2. The summed E-state index contributed by atoms with van der Waals surface area (Å²) in [5.74, 6) is -2.60. The van der Waals surface area contributed by atoms with E-state index >= 15 is 0 Å². The van der Waals surface area contributed by atoms with Gasteiger partial charge in [-0.2, -0.15) is 0 Å².